The number of nitrogens with zero attached hydrogens (tertiary/aromatic N) is 1. The number of carbonyl (C=O) groups is 1. The first-order valence-electron chi connectivity index (χ1n) is 16.7. The van der Waals surface area contributed by atoms with Crippen LogP contribution in [-0.2, 0) is 15.6 Å². The highest BCUT2D eigenvalue weighted by molar-refractivity contribution is 5.80. The quantitative estimate of drug-likeness (QED) is 0.235. The molecular weight excluding hydrogens is 500 g/mol. The number of nitrogens with one attached hydrogen (secondary N) is 1. The molecule has 3 nitrogen and oxygen atoms in total. The topological polar surface area (TPSA) is 51.9 Å². The predicted molar refractivity (Wildman–Crippen MR) is 173 cm³/mol. The lowest BCUT2D eigenvalue weighted by molar-refractivity contribution is -0.122. The van der Waals surface area contributed by atoms with Crippen LogP contribution in [0.5, 0.6) is 0 Å². The Morgan fingerprint density at radius 3 is 2.54 bits per heavy atom. The molecule has 1 N–H and O–H groups in total. The summed E-state index contributed by atoms with van der Waals surface area (Å²) in [5, 5.41) is 3.81. The molecule has 0 saturated carbocycles. The minimum atomic E-state index is 0.204. The number of pyridine rings is 1. The molecule has 2 heterocycles. The molecular formula is C38H54N2O. The fraction of sp³-hybridized carbons (Fsp3) is 0.632. The van der Waals surface area contributed by atoms with Gasteiger partial charge in [-0.15, -0.1) is 0 Å². The number of unbranched alkanes of at least 4 members (excludes halogenated alkanes) is 1. The van der Waals surface area contributed by atoms with Crippen LogP contribution < -0.4 is 5.32 Å². The molecule has 1 fully saturated rings. The van der Waals surface area contributed by atoms with Crippen LogP contribution >= 0.6 is 0 Å². The molecule has 1 aromatic carbocycles. The summed E-state index contributed by atoms with van der Waals surface area (Å²) in [5.74, 6) is 1.43. The second-order valence-corrected chi connectivity index (χ2v) is 14.7. The summed E-state index contributed by atoms with van der Waals surface area (Å²) in [4.78, 5) is 17.4. The molecule has 2 aliphatic carbocycles. The summed E-state index contributed by atoms with van der Waals surface area (Å²) >= 11 is 0. The number of hydrogen-bond acceptors (Lipinski definition) is 3. The molecule has 2 aromatic rings. The highest BCUT2D eigenvalue weighted by Gasteiger charge is 2.41. The van der Waals surface area contributed by atoms with Gasteiger partial charge >= 0.3 is 0 Å². The van der Waals surface area contributed by atoms with Gasteiger partial charge < -0.3 is 5.32 Å². The van der Waals surface area contributed by atoms with Crippen molar-refractivity contribution in [3.63, 3.8) is 0 Å². The van der Waals surface area contributed by atoms with Crippen LogP contribution in [0.4, 0.5) is 0 Å². The Morgan fingerprint density at radius 2 is 1.76 bits per heavy atom. The number of ketones is 1. The van der Waals surface area contributed by atoms with Crippen molar-refractivity contribution in [2.24, 2.45) is 11.8 Å². The lowest BCUT2D eigenvalue weighted by atomic mass is 9.63. The van der Waals surface area contributed by atoms with Gasteiger partial charge in [-0.05, 0) is 116 Å². The summed E-state index contributed by atoms with van der Waals surface area (Å²) in [6.45, 7) is 13.8. The van der Waals surface area contributed by atoms with Crippen molar-refractivity contribution in [2.75, 3.05) is 0 Å². The number of benzene rings is 1. The van der Waals surface area contributed by atoms with Gasteiger partial charge in [-0.3, -0.25) is 4.79 Å². The average Bonchev–Trinajstić information content (AvgIpc) is 3.72. The molecule has 0 bridgehead atoms. The van der Waals surface area contributed by atoms with Gasteiger partial charge in [0.2, 0.25) is 0 Å². The Morgan fingerprint density at radius 1 is 1.00 bits per heavy atom. The second kappa shape index (κ2) is 12.5. The number of hydrogen-bond donors (Lipinski definition) is 1. The Hall–Kier alpha value is -2.26. The highest BCUT2D eigenvalue weighted by atomic mass is 16.1. The van der Waals surface area contributed by atoms with E-state index in [0.717, 1.165) is 49.4 Å². The Bertz CT molecular complexity index is 1250. The first-order valence-corrected chi connectivity index (χ1v) is 16.7. The maximum Gasteiger partial charge on any atom is 0.135 e. The summed E-state index contributed by atoms with van der Waals surface area (Å²) in [7, 11) is 0. The summed E-state index contributed by atoms with van der Waals surface area (Å²) in [5.41, 5.74) is 8.38. The van der Waals surface area contributed by atoms with Crippen LogP contribution in [0.25, 0.3) is 16.8 Å². The van der Waals surface area contributed by atoms with Gasteiger partial charge in [-0.2, -0.15) is 0 Å². The maximum atomic E-state index is 12.1. The molecule has 4 unspecified atom stereocenters. The zero-order valence-electron chi connectivity index (χ0n) is 26.7. The normalized spacial score (nSPS) is 27.1. The lowest BCUT2D eigenvalue weighted by Gasteiger charge is -2.42. The first-order chi connectivity index (χ1) is 19.6. The minimum absolute atomic E-state index is 0.204. The van der Waals surface area contributed by atoms with Gasteiger partial charge in [0.1, 0.15) is 5.78 Å². The van der Waals surface area contributed by atoms with E-state index in [1.165, 1.54) is 67.2 Å². The number of carbonyl (C=O) groups excluding carboxylic acids is 1. The van der Waals surface area contributed by atoms with Crippen LogP contribution in [0, 0.1) is 11.8 Å². The standard InChI is InChI=1S/C38H54N2O/c1-7-26(2)35(41)18-11-10-15-34-36(40-34)28-14-9-8-13-27(19-20-28)32-16-12-17-33(39-32)29-21-22-30-31(25-29)38(5,6)24-23-37(30,3)4/h12-13,16-17,21-22,25-26,28,34,36,40H,7-11,14-15,18-20,23-24H2,1-6H3/b27-13+. The molecule has 1 saturated heterocycles. The van der Waals surface area contributed by atoms with E-state index in [1.807, 2.05) is 0 Å². The van der Waals surface area contributed by atoms with Crippen molar-refractivity contribution in [2.45, 2.75) is 142 Å². The molecule has 0 spiro atoms. The van der Waals surface area contributed by atoms with Crippen molar-refractivity contribution in [1.82, 2.24) is 10.3 Å². The molecule has 3 aliphatic rings. The van der Waals surface area contributed by atoms with Crippen molar-refractivity contribution < 1.29 is 4.79 Å². The Balaban J connectivity index is 1.20. The zero-order chi connectivity index (χ0) is 29.2. The van der Waals surface area contributed by atoms with E-state index in [0.29, 0.717) is 17.9 Å². The monoisotopic (exact) mass is 554 g/mol. The van der Waals surface area contributed by atoms with Crippen LogP contribution in [0.2, 0.25) is 0 Å². The van der Waals surface area contributed by atoms with Crippen LogP contribution in [-0.4, -0.2) is 22.9 Å². The Kier molecular flexibility index (Phi) is 9.24. The molecule has 0 radical (unpaired) electrons. The first kappa shape index (κ1) is 30.2. The molecule has 1 aromatic heterocycles. The van der Waals surface area contributed by atoms with Gasteiger partial charge in [0.15, 0.2) is 0 Å². The van der Waals surface area contributed by atoms with E-state index < -0.39 is 0 Å². The third kappa shape index (κ3) is 7.04. The number of Topliss-reactive ketones (excluding diaryl/α,β-unsaturated/α-hetero) is 1. The van der Waals surface area contributed by atoms with E-state index in [1.54, 1.807) is 0 Å². The number of fused-ring (bicyclic) bond motifs is 1. The maximum absolute atomic E-state index is 12.1. The van der Waals surface area contributed by atoms with Gasteiger partial charge in [0.05, 0.1) is 11.4 Å². The van der Waals surface area contributed by atoms with Crippen molar-refractivity contribution in [1.29, 1.82) is 0 Å². The number of rotatable bonds is 10. The van der Waals surface area contributed by atoms with Crippen LogP contribution in [0.3, 0.4) is 0 Å². The third-order valence-electron chi connectivity index (χ3n) is 10.8. The Labute approximate surface area is 250 Å². The predicted octanol–water partition coefficient (Wildman–Crippen LogP) is 9.58. The van der Waals surface area contributed by atoms with Crippen molar-refractivity contribution in [3.05, 3.63) is 59.3 Å². The SMILES string of the molecule is CCC(C)C(=O)CCCCC1NC1C1CCC/C=C(/c2cccc(-c3ccc4c(c3)C(C)(C)CCC4(C)C)n2)CC1. The van der Waals surface area contributed by atoms with Crippen molar-refractivity contribution >= 4 is 11.4 Å². The number of aromatic nitrogens is 1. The van der Waals surface area contributed by atoms with Crippen LogP contribution in [0.15, 0.2) is 42.5 Å². The molecule has 41 heavy (non-hydrogen) atoms. The van der Waals surface area contributed by atoms with E-state index in [-0.39, 0.29) is 16.7 Å². The van der Waals surface area contributed by atoms with E-state index in [2.05, 4.69) is 89.3 Å². The van der Waals surface area contributed by atoms with Gasteiger partial charge in [-0.1, -0.05) is 72.2 Å². The van der Waals surface area contributed by atoms with E-state index >= 15 is 0 Å². The van der Waals surface area contributed by atoms with Crippen molar-refractivity contribution in [3.8, 4) is 11.3 Å². The molecule has 4 atom stereocenters. The van der Waals surface area contributed by atoms with E-state index in [4.69, 9.17) is 4.98 Å². The summed E-state index contributed by atoms with van der Waals surface area (Å²) < 4.78 is 0. The fourth-order valence-electron chi connectivity index (χ4n) is 7.41. The van der Waals surface area contributed by atoms with Gasteiger partial charge in [-0.25, -0.2) is 4.98 Å². The van der Waals surface area contributed by atoms with E-state index in [9.17, 15) is 4.79 Å². The summed E-state index contributed by atoms with van der Waals surface area (Å²) in [6.07, 6.45) is 16.2. The zero-order valence-corrected chi connectivity index (χ0v) is 26.7. The van der Waals surface area contributed by atoms with Crippen LogP contribution in [0.1, 0.15) is 135 Å². The minimum Gasteiger partial charge on any atom is -0.308 e. The third-order valence-corrected chi connectivity index (χ3v) is 10.8. The molecule has 5 rings (SSSR count). The fourth-order valence-corrected chi connectivity index (χ4v) is 7.41. The molecule has 0 amide bonds. The second-order valence-electron chi connectivity index (χ2n) is 14.7. The molecule has 222 valence electrons. The van der Waals surface area contributed by atoms with Gasteiger partial charge in [0.25, 0.3) is 0 Å². The average molecular weight is 555 g/mol. The summed E-state index contributed by atoms with van der Waals surface area (Å²) in [6, 6.07) is 15.0. The molecule has 1 aliphatic heterocycles. The lowest BCUT2D eigenvalue weighted by Crippen LogP contribution is -2.33. The highest BCUT2D eigenvalue weighted by Crippen LogP contribution is 2.46. The largest absolute Gasteiger partial charge is 0.308 e. The van der Waals surface area contributed by atoms with Gasteiger partial charge in [0, 0.05) is 30.0 Å². The smallest absolute Gasteiger partial charge is 0.135 e. The number of allylic oxidation sites excluding steroid dienone is 2. The molecule has 3 heteroatoms.